The van der Waals surface area contributed by atoms with Crippen molar-refractivity contribution in [3.05, 3.63) is 59.7 Å². The number of benzene rings is 2. The van der Waals surface area contributed by atoms with Crippen LogP contribution in [0.2, 0.25) is 0 Å². The summed E-state index contributed by atoms with van der Waals surface area (Å²) in [5, 5.41) is 19.0. The van der Waals surface area contributed by atoms with Crippen LogP contribution in [0.3, 0.4) is 0 Å². The zero-order chi connectivity index (χ0) is 14.7. The second kappa shape index (κ2) is 5.65. The van der Waals surface area contributed by atoms with E-state index in [1.54, 1.807) is 11.9 Å². The SMILES string of the molecule is CC(c1ccccc1)N(C)C(=O)c1ccc(O)cc1O. The molecule has 0 bridgehead atoms. The van der Waals surface area contributed by atoms with E-state index in [0.717, 1.165) is 11.6 Å². The Kier molecular flexibility index (Phi) is 3.94. The van der Waals surface area contributed by atoms with Crippen LogP contribution < -0.4 is 0 Å². The van der Waals surface area contributed by atoms with Crippen LogP contribution in [0, 0.1) is 0 Å². The van der Waals surface area contributed by atoms with E-state index < -0.39 is 0 Å². The minimum Gasteiger partial charge on any atom is -0.508 e. The lowest BCUT2D eigenvalue weighted by atomic mass is 10.1. The first-order valence-corrected chi connectivity index (χ1v) is 6.35. The first-order chi connectivity index (χ1) is 9.50. The number of rotatable bonds is 3. The highest BCUT2D eigenvalue weighted by molar-refractivity contribution is 5.97. The fraction of sp³-hybridized carbons (Fsp3) is 0.188. The van der Waals surface area contributed by atoms with Gasteiger partial charge in [0.2, 0.25) is 0 Å². The summed E-state index contributed by atoms with van der Waals surface area (Å²) in [5.74, 6) is -0.584. The van der Waals surface area contributed by atoms with Gasteiger partial charge in [0.25, 0.3) is 5.91 Å². The Labute approximate surface area is 117 Å². The molecule has 0 saturated carbocycles. The number of amides is 1. The lowest BCUT2D eigenvalue weighted by Gasteiger charge is -2.25. The number of hydrogen-bond acceptors (Lipinski definition) is 3. The summed E-state index contributed by atoms with van der Waals surface area (Å²) in [4.78, 5) is 13.9. The van der Waals surface area contributed by atoms with E-state index in [-0.39, 0.29) is 29.0 Å². The van der Waals surface area contributed by atoms with Gasteiger partial charge in [-0.15, -0.1) is 0 Å². The van der Waals surface area contributed by atoms with Gasteiger partial charge in [-0.3, -0.25) is 4.79 Å². The van der Waals surface area contributed by atoms with Crippen LogP contribution in [0.1, 0.15) is 28.9 Å². The van der Waals surface area contributed by atoms with Crippen molar-refractivity contribution in [2.24, 2.45) is 0 Å². The van der Waals surface area contributed by atoms with Crippen molar-refractivity contribution in [2.45, 2.75) is 13.0 Å². The molecule has 1 atom stereocenters. The topological polar surface area (TPSA) is 60.8 Å². The Hall–Kier alpha value is -2.49. The van der Waals surface area contributed by atoms with E-state index in [0.29, 0.717) is 0 Å². The average Bonchev–Trinajstić information content (AvgIpc) is 2.46. The number of hydrogen-bond donors (Lipinski definition) is 2. The standard InChI is InChI=1S/C16H17NO3/c1-11(12-6-4-3-5-7-12)17(2)16(20)14-9-8-13(18)10-15(14)19/h3-11,18-19H,1-2H3. The van der Waals surface area contributed by atoms with Crippen LogP contribution in [-0.4, -0.2) is 28.1 Å². The Morgan fingerprint density at radius 2 is 1.75 bits per heavy atom. The first kappa shape index (κ1) is 13.9. The van der Waals surface area contributed by atoms with Crippen LogP contribution in [0.25, 0.3) is 0 Å². The predicted octanol–water partition coefficient (Wildman–Crippen LogP) is 2.93. The van der Waals surface area contributed by atoms with Gasteiger partial charge in [0.15, 0.2) is 0 Å². The molecular weight excluding hydrogens is 254 g/mol. The Morgan fingerprint density at radius 1 is 1.10 bits per heavy atom. The summed E-state index contributed by atoms with van der Waals surface area (Å²) < 4.78 is 0. The van der Waals surface area contributed by atoms with Crippen LogP contribution in [0.5, 0.6) is 11.5 Å². The van der Waals surface area contributed by atoms with Gasteiger partial charge in [-0.05, 0) is 24.6 Å². The molecule has 104 valence electrons. The van der Waals surface area contributed by atoms with Gasteiger partial charge in [0, 0.05) is 13.1 Å². The van der Waals surface area contributed by atoms with Gasteiger partial charge < -0.3 is 15.1 Å². The highest BCUT2D eigenvalue weighted by Crippen LogP contribution is 2.26. The van der Waals surface area contributed by atoms with Crippen molar-refractivity contribution >= 4 is 5.91 Å². The molecular formula is C16H17NO3. The van der Waals surface area contributed by atoms with Crippen molar-refractivity contribution in [2.75, 3.05) is 7.05 Å². The molecule has 0 aliphatic carbocycles. The molecule has 0 aliphatic rings. The van der Waals surface area contributed by atoms with Gasteiger partial charge in [-0.25, -0.2) is 0 Å². The van der Waals surface area contributed by atoms with E-state index in [4.69, 9.17) is 0 Å². The van der Waals surface area contributed by atoms with Crippen molar-refractivity contribution in [3.63, 3.8) is 0 Å². The van der Waals surface area contributed by atoms with Gasteiger partial charge >= 0.3 is 0 Å². The molecule has 0 aliphatic heterocycles. The molecule has 2 aromatic carbocycles. The normalized spacial score (nSPS) is 11.9. The second-order valence-corrected chi connectivity index (χ2v) is 4.70. The molecule has 1 unspecified atom stereocenters. The molecule has 0 fully saturated rings. The van der Waals surface area contributed by atoms with E-state index in [1.807, 2.05) is 37.3 Å². The maximum atomic E-state index is 12.4. The molecule has 2 aromatic rings. The Bertz CT molecular complexity index is 610. The van der Waals surface area contributed by atoms with Crippen LogP contribution in [0.15, 0.2) is 48.5 Å². The maximum Gasteiger partial charge on any atom is 0.257 e. The van der Waals surface area contributed by atoms with Crippen LogP contribution in [-0.2, 0) is 0 Å². The quantitative estimate of drug-likeness (QED) is 0.902. The molecule has 0 radical (unpaired) electrons. The third kappa shape index (κ3) is 2.74. The number of phenols is 2. The third-order valence-corrected chi connectivity index (χ3v) is 3.39. The monoisotopic (exact) mass is 271 g/mol. The predicted molar refractivity (Wildman–Crippen MR) is 76.7 cm³/mol. The summed E-state index contributed by atoms with van der Waals surface area (Å²) in [6.07, 6.45) is 0. The molecule has 2 N–H and O–H groups in total. The van der Waals surface area contributed by atoms with Crippen molar-refractivity contribution in [1.29, 1.82) is 0 Å². The fourth-order valence-corrected chi connectivity index (χ4v) is 2.02. The summed E-state index contributed by atoms with van der Waals surface area (Å²) in [6, 6.07) is 13.5. The molecule has 2 rings (SSSR count). The van der Waals surface area contributed by atoms with Crippen LogP contribution in [0.4, 0.5) is 0 Å². The molecule has 1 amide bonds. The van der Waals surface area contributed by atoms with E-state index in [1.165, 1.54) is 12.1 Å². The molecule has 20 heavy (non-hydrogen) atoms. The van der Waals surface area contributed by atoms with Crippen molar-refractivity contribution in [1.82, 2.24) is 4.90 Å². The summed E-state index contributed by atoms with van der Waals surface area (Å²) in [6.45, 7) is 1.92. The molecule has 0 spiro atoms. The van der Waals surface area contributed by atoms with E-state index in [9.17, 15) is 15.0 Å². The number of nitrogens with zero attached hydrogens (tertiary/aromatic N) is 1. The molecule has 4 heteroatoms. The smallest absolute Gasteiger partial charge is 0.257 e. The van der Waals surface area contributed by atoms with Crippen LogP contribution >= 0.6 is 0 Å². The highest BCUT2D eigenvalue weighted by Gasteiger charge is 2.21. The van der Waals surface area contributed by atoms with Gasteiger partial charge in [0.1, 0.15) is 11.5 Å². The third-order valence-electron chi connectivity index (χ3n) is 3.39. The number of phenolic OH excluding ortho intramolecular Hbond substituents is 2. The maximum absolute atomic E-state index is 12.4. The molecule has 4 nitrogen and oxygen atoms in total. The van der Waals surface area contributed by atoms with Gasteiger partial charge in [0.05, 0.1) is 11.6 Å². The fourth-order valence-electron chi connectivity index (χ4n) is 2.02. The Balaban J connectivity index is 2.24. The molecule has 0 saturated heterocycles. The summed E-state index contributed by atoms with van der Waals surface area (Å²) in [5.41, 5.74) is 1.19. The molecule has 0 aromatic heterocycles. The van der Waals surface area contributed by atoms with Crippen molar-refractivity contribution < 1.29 is 15.0 Å². The van der Waals surface area contributed by atoms with Crippen molar-refractivity contribution in [3.8, 4) is 11.5 Å². The van der Waals surface area contributed by atoms with Gasteiger partial charge in [-0.1, -0.05) is 30.3 Å². The lowest BCUT2D eigenvalue weighted by molar-refractivity contribution is 0.0739. The largest absolute Gasteiger partial charge is 0.508 e. The average molecular weight is 271 g/mol. The lowest BCUT2D eigenvalue weighted by Crippen LogP contribution is -2.29. The zero-order valence-electron chi connectivity index (χ0n) is 11.4. The summed E-state index contributed by atoms with van der Waals surface area (Å²) >= 11 is 0. The van der Waals surface area contributed by atoms with E-state index in [2.05, 4.69) is 0 Å². The minimum atomic E-state index is -0.293. The highest BCUT2D eigenvalue weighted by atomic mass is 16.3. The van der Waals surface area contributed by atoms with Gasteiger partial charge in [-0.2, -0.15) is 0 Å². The molecule has 0 heterocycles. The number of aromatic hydroxyl groups is 2. The first-order valence-electron chi connectivity index (χ1n) is 6.35. The minimum absolute atomic E-state index is 0.0715. The summed E-state index contributed by atoms with van der Waals surface area (Å²) in [7, 11) is 1.69. The second-order valence-electron chi connectivity index (χ2n) is 4.70. The van der Waals surface area contributed by atoms with E-state index >= 15 is 0 Å². The number of carbonyl (C=O) groups excluding carboxylic acids is 1. The zero-order valence-corrected chi connectivity index (χ0v) is 11.4. The Morgan fingerprint density at radius 3 is 2.35 bits per heavy atom. The number of carbonyl (C=O) groups is 1.